The number of aliphatic hydroxyl groups excluding tert-OH is 2. The molecule has 1 aromatic carbocycles. The number of hydrogen-bond donors (Lipinski definition) is 3. The third kappa shape index (κ3) is 4.03. The van der Waals surface area contributed by atoms with Gasteiger partial charge < -0.3 is 20.8 Å². The summed E-state index contributed by atoms with van der Waals surface area (Å²) in [6.45, 7) is 2.54. The van der Waals surface area contributed by atoms with Crippen molar-refractivity contribution in [2.45, 2.75) is 6.92 Å². The second kappa shape index (κ2) is 8.10. The van der Waals surface area contributed by atoms with Crippen molar-refractivity contribution in [3.63, 3.8) is 0 Å². The highest BCUT2D eigenvalue weighted by Crippen LogP contribution is 2.24. The van der Waals surface area contributed by atoms with Gasteiger partial charge in [0, 0.05) is 24.4 Å². The number of nitrogens with zero attached hydrogens (tertiary/aromatic N) is 2. The van der Waals surface area contributed by atoms with Crippen LogP contribution < -0.4 is 10.6 Å². The molecule has 0 unspecified atom stereocenters. The maximum atomic E-state index is 11.7. The van der Waals surface area contributed by atoms with Crippen LogP contribution in [-0.4, -0.2) is 48.0 Å². The summed E-state index contributed by atoms with van der Waals surface area (Å²) in [6.07, 6.45) is 1.61. The Morgan fingerprint density at radius 2 is 1.75 bits per heavy atom. The van der Waals surface area contributed by atoms with E-state index in [1.165, 1.54) is 0 Å². The fourth-order valence-electron chi connectivity index (χ4n) is 2.34. The Morgan fingerprint density at radius 3 is 2.29 bits per heavy atom. The first-order valence-corrected chi connectivity index (χ1v) is 7.89. The highest BCUT2D eigenvalue weighted by atomic mass is 35.5. The van der Waals surface area contributed by atoms with Crippen LogP contribution in [0, 0.1) is 0 Å². The minimum atomic E-state index is -0.285. The van der Waals surface area contributed by atoms with Crippen LogP contribution in [0.25, 0.3) is 0 Å². The molecule has 0 aliphatic heterocycles. The lowest BCUT2D eigenvalue weighted by Crippen LogP contribution is -2.29. The number of carbonyl (C=O) groups is 1. The lowest BCUT2D eigenvalue weighted by molar-refractivity contribution is -0.111. The summed E-state index contributed by atoms with van der Waals surface area (Å²) < 4.78 is 0. The minimum absolute atomic E-state index is 0.00196. The molecule has 0 aromatic heterocycles. The Kier molecular flexibility index (Phi) is 6.14. The molecule has 1 aromatic rings. The summed E-state index contributed by atoms with van der Waals surface area (Å²) in [4.78, 5) is 18.0. The normalized spacial score (nSPS) is 16.6. The number of carbonyl (C=O) groups excluding carboxylic acids is 1. The Bertz CT molecular complexity index is 702. The molecule has 0 amide bonds. The zero-order valence-electron chi connectivity index (χ0n) is 13.4. The van der Waals surface area contributed by atoms with E-state index >= 15 is 0 Å². The van der Waals surface area contributed by atoms with Gasteiger partial charge in [0.2, 0.25) is 5.78 Å². The Labute approximate surface area is 145 Å². The first-order valence-electron chi connectivity index (χ1n) is 7.52. The van der Waals surface area contributed by atoms with Crippen LogP contribution in [0.15, 0.2) is 51.6 Å². The number of ketones is 1. The summed E-state index contributed by atoms with van der Waals surface area (Å²) in [5.41, 5.74) is 8.50. The monoisotopic (exact) mass is 349 g/mol. The van der Waals surface area contributed by atoms with Gasteiger partial charge in [0.25, 0.3) is 0 Å². The molecule has 1 aliphatic rings. The van der Waals surface area contributed by atoms with Gasteiger partial charge in [-0.1, -0.05) is 11.6 Å². The van der Waals surface area contributed by atoms with E-state index in [0.29, 0.717) is 30.1 Å². The lowest BCUT2D eigenvalue weighted by Gasteiger charge is -2.22. The third-order valence-corrected chi connectivity index (χ3v) is 4.00. The zero-order chi connectivity index (χ0) is 17.7. The number of aliphatic hydroxyl groups is 2. The van der Waals surface area contributed by atoms with E-state index in [-0.39, 0.29) is 29.7 Å². The maximum absolute atomic E-state index is 11.7. The Morgan fingerprint density at radius 1 is 1.17 bits per heavy atom. The number of rotatable bonds is 6. The molecule has 24 heavy (non-hydrogen) atoms. The van der Waals surface area contributed by atoms with Gasteiger partial charge in [-0.05, 0) is 37.3 Å². The first-order chi connectivity index (χ1) is 11.5. The average molecular weight is 350 g/mol. The molecule has 0 radical (unpaired) electrons. The van der Waals surface area contributed by atoms with E-state index in [2.05, 4.69) is 4.99 Å². The van der Waals surface area contributed by atoms with Crippen LogP contribution >= 0.6 is 11.6 Å². The average Bonchev–Trinajstić information content (AvgIpc) is 2.58. The second-order valence-electron chi connectivity index (χ2n) is 5.33. The molecule has 0 bridgehead atoms. The maximum Gasteiger partial charge on any atom is 0.202 e. The lowest BCUT2D eigenvalue weighted by atomic mass is 10.0. The fourth-order valence-corrected chi connectivity index (χ4v) is 2.58. The Balaban J connectivity index is 2.27. The molecule has 0 saturated carbocycles. The highest BCUT2D eigenvalue weighted by Gasteiger charge is 2.21. The minimum Gasteiger partial charge on any atom is -0.396 e. The van der Waals surface area contributed by atoms with Crippen molar-refractivity contribution in [2.75, 3.05) is 31.2 Å². The molecule has 0 saturated heterocycles. The van der Waals surface area contributed by atoms with E-state index in [4.69, 9.17) is 27.5 Å². The summed E-state index contributed by atoms with van der Waals surface area (Å²) >= 11 is 5.94. The number of aliphatic imine (C=N–C) groups is 1. The van der Waals surface area contributed by atoms with E-state index < -0.39 is 0 Å². The van der Waals surface area contributed by atoms with Crippen molar-refractivity contribution in [1.29, 1.82) is 0 Å². The summed E-state index contributed by atoms with van der Waals surface area (Å²) in [5, 5.41) is 18.2. The van der Waals surface area contributed by atoms with Crippen LogP contribution in [-0.2, 0) is 4.79 Å². The smallest absolute Gasteiger partial charge is 0.202 e. The first kappa shape index (κ1) is 18.2. The van der Waals surface area contributed by atoms with Crippen LogP contribution in [0.1, 0.15) is 6.92 Å². The van der Waals surface area contributed by atoms with Crippen LogP contribution in [0.5, 0.6) is 0 Å². The number of benzene rings is 1. The van der Waals surface area contributed by atoms with Gasteiger partial charge in [-0.3, -0.25) is 4.79 Å². The van der Waals surface area contributed by atoms with E-state index in [9.17, 15) is 4.79 Å². The predicted molar refractivity (Wildman–Crippen MR) is 95.8 cm³/mol. The van der Waals surface area contributed by atoms with Crippen molar-refractivity contribution in [3.8, 4) is 0 Å². The molecule has 1 aliphatic carbocycles. The summed E-state index contributed by atoms with van der Waals surface area (Å²) in [5.74, 6) is -0.285. The van der Waals surface area contributed by atoms with Gasteiger partial charge in [0.05, 0.1) is 30.3 Å². The SMILES string of the molecule is CC1=C/C(=N\c2ccc(N(CCO)CCO)cc2)C(N)=C(Cl)C1=O. The molecule has 4 N–H and O–H groups in total. The number of anilines is 1. The number of nitrogens with two attached hydrogens (primary N) is 1. The molecule has 6 nitrogen and oxygen atoms in total. The van der Waals surface area contributed by atoms with Crippen LogP contribution in [0.4, 0.5) is 11.4 Å². The van der Waals surface area contributed by atoms with E-state index in [1.807, 2.05) is 17.0 Å². The van der Waals surface area contributed by atoms with Crippen molar-refractivity contribution in [1.82, 2.24) is 0 Å². The topological polar surface area (TPSA) is 99.2 Å². The Hall–Kier alpha value is -2.15. The van der Waals surface area contributed by atoms with Gasteiger partial charge in [-0.25, -0.2) is 4.99 Å². The predicted octanol–water partition coefficient (Wildman–Crippen LogP) is 1.49. The molecule has 0 atom stereocenters. The van der Waals surface area contributed by atoms with Crippen molar-refractivity contribution < 1.29 is 15.0 Å². The number of allylic oxidation sites excluding steroid dienone is 3. The van der Waals surface area contributed by atoms with E-state index in [1.54, 1.807) is 25.1 Å². The highest BCUT2D eigenvalue weighted by molar-refractivity contribution is 6.49. The molecule has 128 valence electrons. The molecular formula is C17H20ClN3O3. The fraction of sp³-hybridized carbons (Fsp3) is 0.294. The van der Waals surface area contributed by atoms with Gasteiger partial charge in [-0.15, -0.1) is 0 Å². The summed E-state index contributed by atoms with van der Waals surface area (Å²) in [6, 6.07) is 7.28. The van der Waals surface area contributed by atoms with E-state index in [0.717, 1.165) is 5.69 Å². The van der Waals surface area contributed by atoms with Crippen molar-refractivity contribution in [2.24, 2.45) is 10.7 Å². The third-order valence-electron chi connectivity index (χ3n) is 3.63. The standard InChI is InChI=1S/C17H20ClN3O3/c1-11-10-14(16(19)15(18)17(11)24)20-12-2-4-13(5-3-12)21(6-8-22)7-9-23/h2-5,10,22-23H,6-9,19H2,1H3/b20-14+. The van der Waals surface area contributed by atoms with Gasteiger partial charge >= 0.3 is 0 Å². The van der Waals surface area contributed by atoms with Gasteiger partial charge in [0.15, 0.2) is 0 Å². The molecule has 0 heterocycles. The van der Waals surface area contributed by atoms with Crippen molar-refractivity contribution in [3.05, 3.63) is 46.6 Å². The molecule has 7 heteroatoms. The largest absolute Gasteiger partial charge is 0.396 e. The zero-order valence-corrected chi connectivity index (χ0v) is 14.1. The van der Waals surface area contributed by atoms with Gasteiger partial charge in [-0.2, -0.15) is 0 Å². The van der Waals surface area contributed by atoms with Crippen molar-refractivity contribution >= 4 is 34.5 Å². The molecule has 2 rings (SSSR count). The van der Waals surface area contributed by atoms with Gasteiger partial charge in [0.1, 0.15) is 5.03 Å². The summed E-state index contributed by atoms with van der Waals surface area (Å²) in [7, 11) is 0. The molecule has 0 spiro atoms. The number of Topliss-reactive ketones (excluding diaryl/α,β-unsaturated/α-hetero) is 1. The van der Waals surface area contributed by atoms with Crippen LogP contribution in [0.2, 0.25) is 0 Å². The molecule has 0 fully saturated rings. The van der Waals surface area contributed by atoms with Crippen LogP contribution in [0.3, 0.4) is 0 Å². The number of hydrogen-bond acceptors (Lipinski definition) is 6. The second-order valence-corrected chi connectivity index (χ2v) is 5.71. The molecular weight excluding hydrogens is 330 g/mol. The quantitative estimate of drug-likeness (QED) is 0.676. The number of halogens is 1.